The topological polar surface area (TPSA) is 88.9 Å². The highest BCUT2D eigenvalue weighted by Gasteiger charge is 2.23. The lowest BCUT2D eigenvalue weighted by molar-refractivity contribution is -0.123. The van der Waals surface area contributed by atoms with Gasteiger partial charge in [-0.15, -0.1) is 10.2 Å². The van der Waals surface area contributed by atoms with Crippen molar-refractivity contribution in [2.75, 3.05) is 10.7 Å². The summed E-state index contributed by atoms with van der Waals surface area (Å²) in [5, 5.41) is 9.97. The van der Waals surface area contributed by atoms with Crippen molar-refractivity contribution in [1.29, 1.82) is 0 Å². The molecule has 0 aliphatic carbocycles. The van der Waals surface area contributed by atoms with Gasteiger partial charge in [-0.3, -0.25) is 15.0 Å². The minimum Gasteiger partial charge on any atom is -0.325 e. The number of benzene rings is 1. The summed E-state index contributed by atoms with van der Waals surface area (Å²) in [5.74, 6) is -0.522. The molecule has 1 aromatic carbocycles. The van der Waals surface area contributed by atoms with Crippen molar-refractivity contribution in [3.05, 3.63) is 42.5 Å². The largest absolute Gasteiger partial charge is 0.325 e. The van der Waals surface area contributed by atoms with E-state index in [2.05, 4.69) is 20.9 Å². The van der Waals surface area contributed by atoms with E-state index in [1.165, 1.54) is 17.3 Å². The molecule has 2 rings (SSSR count). The molecular weight excluding hydrogens is 270 g/mol. The number of hydrogen-bond acceptors (Lipinski definition) is 4. The van der Waals surface area contributed by atoms with Crippen molar-refractivity contribution in [3.63, 3.8) is 0 Å². The van der Waals surface area contributed by atoms with Crippen LogP contribution in [0.1, 0.15) is 31.1 Å². The van der Waals surface area contributed by atoms with Crippen LogP contribution in [0.4, 0.5) is 5.69 Å². The Morgan fingerprint density at radius 3 is 2.33 bits per heavy atom. The number of anilines is 1. The number of hydrogen-bond donors (Lipinski definition) is 2. The SMILES string of the molecule is CC(C)(C)C(=O)Nc1ccccc1C(=O)Nn1cnnc1. The van der Waals surface area contributed by atoms with Crippen LogP contribution in [0, 0.1) is 5.41 Å². The van der Waals surface area contributed by atoms with Crippen LogP contribution in [0.5, 0.6) is 0 Å². The monoisotopic (exact) mass is 287 g/mol. The maximum absolute atomic E-state index is 12.2. The van der Waals surface area contributed by atoms with Crippen molar-refractivity contribution < 1.29 is 9.59 Å². The molecule has 7 nitrogen and oxygen atoms in total. The Balaban J connectivity index is 2.20. The number of nitrogens with zero attached hydrogens (tertiary/aromatic N) is 3. The highest BCUT2D eigenvalue weighted by Crippen LogP contribution is 2.20. The highest BCUT2D eigenvalue weighted by molar-refractivity contribution is 6.07. The highest BCUT2D eigenvalue weighted by atomic mass is 16.2. The molecule has 1 aromatic heterocycles. The summed E-state index contributed by atoms with van der Waals surface area (Å²) in [7, 11) is 0. The average Bonchev–Trinajstić information content (AvgIpc) is 2.91. The Labute approximate surface area is 122 Å². The van der Waals surface area contributed by atoms with Crippen molar-refractivity contribution >= 4 is 17.5 Å². The van der Waals surface area contributed by atoms with E-state index < -0.39 is 5.41 Å². The van der Waals surface area contributed by atoms with E-state index in [4.69, 9.17) is 0 Å². The molecule has 0 aliphatic heterocycles. The Hall–Kier alpha value is -2.70. The fourth-order valence-corrected chi connectivity index (χ4v) is 1.54. The van der Waals surface area contributed by atoms with Crippen molar-refractivity contribution in [3.8, 4) is 0 Å². The predicted molar refractivity (Wildman–Crippen MR) is 78.2 cm³/mol. The summed E-state index contributed by atoms with van der Waals surface area (Å²) in [5.41, 5.74) is 2.87. The van der Waals surface area contributed by atoms with Crippen LogP contribution in [0.3, 0.4) is 0 Å². The Morgan fingerprint density at radius 1 is 1.10 bits per heavy atom. The van der Waals surface area contributed by atoms with Crippen LogP contribution in [-0.4, -0.2) is 26.7 Å². The molecule has 1 heterocycles. The Kier molecular flexibility index (Phi) is 4.02. The van der Waals surface area contributed by atoms with Crippen LogP contribution in [0.15, 0.2) is 36.9 Å². The van der Waals surface area contributed by atoms with Gasteiger partial charge >= 0.3 is 0 Å². The van der Waals surface area contributed by atoms with Crippen LogP contribution >= 0.6 is 0 Å². The predicted octanol–water partition coefficient (Wildman–Crippen LogP) is 1.65. The van der Waals surface area contributed by atoms with Crippen LogP contribution in [-0.2, 0) is 4.79 Å². The normalized spacial score (nSPS) is 11.0. The summed E-state index contributed by atoms with van der Waals surface area (Å²) < 4.78 is 1.34. The van der Waals surface area contributed by atoms with Gasteiger partial charge < -0.3 is 5.32 Å². The lowest BCUT2D eigenvalue weighted by atomic mass is 9.95. The van der Waals surface area contributed by atoms with Crippen molar-refractivity contribution in [2.45, 2.75) is 20.8 Å². The van der Waals surface area contributed by atoms with Crippen LogP contribution in [0.25, 0.3) is 0 Å². The van der Waals surface area contributed by atoms with E-state index in [0.29, 0.717) is 11.3 Å². The molecule has 2 amide bonds. The lowest BCUT2D eigenvalue weighted by Crippen LogP contribution is -2.29. The third kappa shape index (κ3) is 3.65. The summed E-state index contributed by atoms with van der Waals surface area (Å²) in [4.78, 5) is 24.3. The zero-order valence-electron chi connectivity index (χ0n) is 12.1. The number of carbonyl (C=O) groups excluding carboxylic acids is 2. The fourth-order valence-electron chi connectivity index (χ4n) is 1.54. The molecule has 21 heavy (non-hydrogen) atoms. The molecule has 7 heteroatoms. The zero-order chi connectivity index (χ0) is 15.5. The van der Waals surface area contributed by atoms with Gasteiger partial charge in [0.2, 0.25) is 5.91 Å². The van der Waals surface area contributed by atoms with Crippen LogP contribution < -0.4 is 10.7 Å². The molecular formula is C14H17N5O2. The van der Waals surface area contributed by atoms with Gasteiger partial charge in [-0.1, -0.05) is 32.9 Å². The minimum absolute atomic E-state index is 0.160. The molecule has 0 unspecified atom stereocenters. The number of amides is 2. The van der Waals surface area contributed by atoms with E-state index in [0.717, 1.165) is 0 Å². The van der Waals surface area contributed by atoms with Crippen molar-refractivity contribution in [1.82, 2.24) is 14.9 Å². The first-order chi connectivity index (χ1) is 9.88. The van der Waals surface area contributed by atoms with Gasteiger partial charge in [-0.25, -0.2) is 4.68 Å². The molecule has 110 valence electrons. The average molecular weight is 287 g/mol. The molecule has 0 bridgehead atoms. The minimum atomic E-state index is -0.544. The summed E-state index contributed by atoms with van der Waals surface area (Å²) in [6.45, 7) is 5.42. The van der Waals surface area contributed by atoms with E-state index in [1.807, 2.05) is 20.8 Å². The van der Waals surface area contributed by atoms with E-state index in [9.17, 15) is 9.59 Å². The maximum atomic E-state index is 12.2. The standard InChI is InChI=1S/C14H17N5O2/c1-14(2,3)13(21)17-11-7-5-4-6-10(11)12(20)18-19-8-15-16-9-19/h4-9H,1-3H3,(H,17,21)(H,18,20). The van der Waals surface area contributed by atoms with Gasteiger partial charge in [-0.2, -0.15) is 0 Å². The maximum Gasteiger partial charge on any atom is 0.272 e. The molecule has 0 spiro atoms. The molecule has 0 saturated carbocycles. The number of nitrogens with one attached hydrogen (secondary N) is 2. The van der Waals surface area contributed by atoms with Gasteiger partial charge in [0.25, 0.3) is 5.91 Å². The third-order valence-electron chi connectivity index (χ3n) is 2.75. The molecule has 0 atom stereocenters. The molecule has 0 saturated heterocycles. The fraction of sp³-hybridized carbons (Fsp3) is 0.286. The second-order valence-corrected chi connectivity index (χ2v) is 5.56. The van der Waals surface area contributed by atoms with E-state index in [-0.39, 0.29) is 11.8 Å². The Morgan fingerprint density at radius 2 is 1.71 bits per heavy atom. The molecule has 2 N–H and O–H groups in total. The molecule has 0 fully saturated rings. The first kappa shape index (κ1) is 14.7. The smallest absolute Gasteiger partial charge is 0.272 e. The molecule has 2 aromatic rings. The first-order valence-electron chi connectivity index (χ1n) is 6.44. The quantitative estimate of drug-likeness (QED) is 0.898. The number of para-hydroxylation sites is 1. The van der Waals surface area contributed by atoms with Crippen LogP contribution in [0.2, 0.25) is 0 Å². The van der Waals surface area contributed by atoms with Gasteiger partial charge in [0.1, 0.15) is 12.7 Å². The van der Waals surface area contributed by atoms with Gasteiger partial charge in [0, 0.05) is 5.41 Å². The summed E-state index contributed by atoms with van der Waals surface area (Å²) in [6.07, 6.45) is 2.74. The second kappa shape index (κ2) is 5.74. The molecule has 0 aliphatic rings. The Bertz CT molecular complexity index is 644. The van der Waals surface area contributed by atoms with Gasteiger partial charge in [0.05, 0.1) is 11.3 Å². The van der Waals surface area contributed by atoms with Gasteiger partial charge in [-0.05, 0) is 12.1 Å². The summed E-state index contributed by atoms with van der Waals surface area (Å²) in [6, 6.07) is 6.81. The first-order valence-corrected chi connectivity index (χ1v) is 6.44. The van der Waals surface area contributed by atoms with E-state index in [1.54, 1.807) is 24.3 Å². The van der Waals surface area contributed by atoms with Gasteiger partial charge in [0.15, 0.2) is 0 Å². The molecule has 0 radical (unpaired) electrons. The lowest BCUT2D eigenvalue weighted by Gasteiger charge is -2.19. The summed E-state index contributed by atoms with van der Waals surface area (Å²) >= 11 is 0. The van der Waals surface area contributed by atoms with E-state index >= 15 is 0 Å². The zero-order valence-corrected chi connectivity index (χ0v) is 12.1. The number of rotatable bonds is 3. The number of aromatic nitrogens is 3. The van der Waals surface area contributed by atoms with Crippen molar-refractivity contribution in [2.24, 2.45) is 5.41 Å². The number of carbonyl (C=O) groups is 2. The third-order valence-corrected chi connectivity index (χ3v) is 2.75. The second-order valence-electron chi connectivity index (χ2n) is 5.56.